The average Bonchev–Trinajstić information content (AvgIpc) is 2.77. The summed E-state index contributed by atoms with van der Waals surface area (Å²) in [4.78, 5) is 5.31. The van der Waals surface area contributed by atoms with Gasteiger partial charge in [-0.05, 0) is 12.1 Å². The van der Waals surface area contributed by atoms with Crippen LogP contribution in [0.5, 0.6) is 5.75 Å². The van der Waals surface area contributed by atoms with Gasteiger partial charge in [0.05, 0.1) is 9.90 Å². The molecule has 0 spiro atoms. The summed E-state index contributed by atoms with van der Waals surface area (Å²) in [7, 11) is 0. The Morgan fingerprint density at radius 2 is 2.24 bits per heavy atom. The van der Waals surface area contributed by atoms with Crippen molar-refractivity contribution in [3.05, 3.63) is 45.4 Å². The third-order valence-corrected chi connectivity index (χ3v) is 3.65. The minimum Gasteiger partial charge on any atom is -0.485 e. The number of hydrogen-bond acceptors (Lipinski definition) is 4. The molecule has 17 heavy (non-hydrogen) atoms. The first kappa shape index (κ1) is 12.3. The molecule has 0 saturated carbocycles. The van der Waals surface area contributed by atoms with E-state index in [9.17, 15) is 0 Å². The Morgan fingerprint density at radius 1 is 1.47 bits per heavy atom. The zero-order valence-electron chi connectivity index (χ0n) is 8.72. The highest BCUT2D eigenvalue weighted by Crippen LogP contribution is 2.24. The Labute approximate surface area is 113 Å². The van der Waals surface area contributed by atoms with Gasteiger partial charge in [0.2, 0.25) is 0 Å². The van der Waals surface area contributed by atoms with Crippen LogP contribution in [0, 0.1) is 0 Å². The van der Waals surface area contributed by atoms with E-state index in [1.165, 1.54) is 11.3 Å². The molecule has 2 N–H and O–H groups in total. The first-order valence-corrected chi connectivity index (χ1v) is 6.39. The van der Waals surface area contributed by atoms with E-state index in [0.29, 0.717) is 22.4 Å². The summed E-state index contributed by atoms with van der Waals surface area (Å²) in [5.41, 5.74) is 5.50. The summed E-state index contributed by atoms with van der Waals surface area (Å²) in [6, 6.07) is 7.30. The number of benzene rings is 1. The molecule has 0 fully saturated rings. The van der Waals surface area contributed by atoms with E-state index < -0.39 is 0 Å². The van der Waals surface area contributed by atoms with Crippen LogP contribution in [0.3, 0.4) is 0 Å². The second kappa shape index (κ2) is 5.44. The molecule has 1 aromatic heterocycles. The first-order chi connectivity index (χ1) is 8.16. The van der Waals surface area contributed by atoms with Crippen LogP contribution in [0.15, 0.2) is 30.5 Å². The maximum Gasteiger partial charge on any atom is 0.140 e. The second-order valence-electron chi connectivity index (χ2n) is 3.20. The van der Waals surface area contributed by atoms with Gasteiger partial charge in [-0.1, -0.05) is 36.0 Å². The third-order valence-electron chi connectivity index (χ3n) is 1.98. The van der Waals surface area contributed by atoms with Crippen molar-refractivity contribution in [2.24, 2.45) is 5.73 Å². The smallest absolute Gasteiger partial charge is 0.140 e. The topological polar surface area (TPSA) is 48.1 Å². The van der Waals surface area contributed by atoms with Crippen LogP contribution in [0.25, 0.3) is 0 Å². The van der Waals surface area contributed by atoms with Gasteiger partial charge >= 0.3 is 0 Å². The van der Waals surface area contributed by atoms with Crippen LogP contribution < -0.4 is 10.5 Å². The number of nitrogens with two attached hydrogens (primary N) is 1. The standard InChI is InChI=1S/C11H9ClN2OS2/c12-7-3-1-2-4-8(7)15-6-10-14-5-9(17-10)11(13)16/h1-5H,6H2,(H2,13,16). The molecule has 0 aliphatic carbocycles. The molecule has 2 rings (SSSR count). The number of thiocarbonyl (C=S) groups is 1. The fraction of sp³-hybridized carbons (Fsp3) is 0.0909. The van der Waals surface area contributed by atoms with Gasteiger partial charge in [0.15, 0.2) is 0 Å². The molecule has 0 aliphatic heterocycles. The number of thiazole rings is 1. The van der Waals surface area contributed by atoms with E-state index in [1.807, 2.05) is 18.2 Å². The summed E-state index contributed by atoms with van der Waals surface area (Å²) in [6.07, 6.45) is 1.65. The molecule has 1 aromatic carbocycles. The van der Waals surface area contributed by atoms with E-state index in [-0.39, 0.29) is 0 Å². The van der Waals surface area contributed by atoms with Crippen molar-refractivity contribution in [1.82, 2.24) is 4.98 Å². The van der Waals surface area contributed by atoms with Crippen LogP contribution in [0.2, 0.25) is 5.02 Å². The van der Waals surface area contributed by atoms with Gasteiger partial charge in [-0.2, -0.15) is 0 Å². The Kier molecular flexibility index (Phi) is 3.93. The van der Waals surface area contributed by atoms with Crippen molar-refractivity contribution in [2.45, 2.75) is 6.61 Å². The number of halogens is 1. The minimum absolute atomic E-state index is 0.353. The summed E-state index contributed by atoms with van der Waals surface area (Å²) in [5, 5.41) is 1.39. The van der Waals surface area contributed by atoms with Gasteiger partial charge < -0.3 is 10.5 Å². The number of hydrogen-bond donors (Lipinski definition) is 1. The largest absolute Gasteiger partial charge is 0.485 e. The summed E-state index contributed by atoms with van der Waals surface area (Å²) >= 11 is 12.2. The molecule has 0 saturated heterocycles. The highest BCUT2D eigenvalue weighted by atomic mass is 35.5. The van der Waals surface area contributed by atoms with Crippen LogP contribution in [-0.2, 0) is 6.61 Å². The van der Waals surface area contributed by atoms with Crippen LogP contribution in [0.4, 0.5) is 0 Å². The normalized spacial score (nSPS) is 10.2. The zero-order chi connectivity index (χ0) is 12.3. The van der Waals surface area contributed by atoms with Crippen molar-refractivity contribution >= 4 is 40.1 Å². The van der Waals surface area contributed by atoms with Gasteiger partial charge in [-0.3, -0.25) is 0 Å². The van der Waals surface area contributed by atoms with Crippen molar-refractivity contribution < 1.29 is 4.74 Å². The van der Waals surface area contributed by atoms with Crippen LogP contribution in [-0.4, -0.2) is 9.97 Å². The first-order valence-electron chi connectivity index (χ1n) is 4.78. The molecule has 0 atom stereocenters. The molecule has 3 nitrogen and oxygen atoms in total. The predicted molar refractivity (Wildman–Crippen MR) is 73.8 cm³/mol. The number of nitrogens with zero attached hydrogens (tertiary/aromatic N) is 1. The molecule has 88 valence electrons. The molecule has 0 radical (unpaired) electrons. The highest BCUT2D eigenvalue weighted by Gasteiger charge is 2.06. The lowest BCUT2D eigenvalue weighted by atomic mass is 10.3. The highest BCUT2D eigenvalue weighted by molar-refractivity contribution is 7.81. The lowest BCUT2D eigenvalue weighted by molar-refractivity contribution is 0.306. The van der Waals surface area contributed by atoms with E-state index in [2.05, 4.69) is 4.98 Å². The summed E-state index contributed by atoms with van der Waals surface area (Å²) in [6.45, 7) is 0.358. The molecular weight excluding hydrogens is 276 g/mol. The molecule has 1 heterocycles. The second-order valence-corrected chi connectivity index (χ2v) is 5.16. The van der Waals surface area contributed by atoms with E-state index in [1.54, 1.807) is 12.3 Å². The SMILES string of the molecule is NC(=S)c1cnc(COc2ccccc2Cl)s1. The Balaban J connectivity index is 2.02. The maximum absolute atomic E-state index is 5.96. The Hall–Kier alpha value is -1.17. The number of para-hydroxylation sites is 1. The maximum atomic E-state index is 5.96. The number of rotatable bonds is 4. The fourth-order valence-corrected chi connectivity index (χ4v) is 2.24. The van der Waals surface area contributed by atoms with Gasteiger partial charge in [0, 0.05) is 6.20 Å². The Morgan fingerprint density at radius 3 is 2.88 bits per heavy atom. The lowest BCUT2D eigenvalue weighted by Gasteiger charge is -2.05. The average molecular weight is 285 g/mol. The van der Waals surface area contributed by atoms with Gasteiger partial charge in [-0.25, -0.2) is 4.98 Å². The monoisotopic (exact) mass is 284 g/mol. The van der Waals surface area contributed by atoms with Crippen molar-refractivity contribution in [3.8, 4) is 5.75 Å². The molecule has 0 amide bonds. The number of ether oxygens (including phenoxy) is 1. The van der Waals surface area contributed by atoms with Crippen molar-refractivity contribution in [2.75, 3.05) is 0 Å². The third kappa shape index (κ3) is 3.15. The van der Waals surface area contributed by atoms with E-state index >= 15 is 0 Å². The summed E-state index contributed by atoms with van der Waals surface area (Å²) in [5.74, 6) is 0.640. The quantitative estimate of drug-likeness (QED) is 0.877. The van der Waals surface area contributed by atoms with Crippen LogP contribution in [0.1, 0.15) is 9.88 Å². The Bertz CT molecular complexity index is 542. The van der Waals surface area contributed by atoms with Crippen LogP contribution >= 0.6 is 35.2 Å². The molecule has 0 unspecified atom stereocenters. The van der Waals surface area contributed by atoms with E-state index in [4.69, 9.17) is 34.3 Å². The predicted octanol–water partition coefficient (Wildman–Crippen LogP) is 3.01. The lowest BCUT2D eigenvalue weighted by Crippen LogP contribution is -2.06. The van der Waals surface area contributed by atoms with Gasteiger partial charge in [0.25, 0.3) is 0 Å². The molecule has 0 aliphatic rings. The molecule has 6 heteroatoms. The molecule has 2 aromatic rings. The van der Waals surface area contributed by atoms with E-state index in [0.717, 1.165) is 9.88 Å². The molecular formula is C11H9ClN2OS2. The zero-order valence-corrected chi connectivity index (χ0v) is 11.1. The summed E-state index contributed by atoms with van der Waals surface area (Å²) < 4.78 is 5.55. The van der Waals surface area contributed by atoms with Crippen molar-refractivity contribution in [3.63, 3.8) is 0 Å². The number of aromatic nitrogens is 1. The van der Waals surface area contributed by atoms with Crippen molar-refractivity contribution in [1.29, 1.82) is 0 Å². The molecule has 0 bridgehead atoms. The fourth-order valence-electron chi connectivity index (χ4n) is 1.19. The minimum atomic E-state index is 0.353. The van der Waals surface area contributed by atoms with Gasteiger partial charge in [0.1, 0.15) is 22.4 Å². The van der Waals surface area contributed by atoms with Gasteiger partial charge in [-0.15, -0.1) is 11.3 Å².